The van der Waals surface area contributed by atoms with Crippen LogP contribution < -0.4 is 20.5 Å². The second-order valence-corrected chi connectivity index (χ2v) is 6.72. The van der Waals surface area contributed by atoms with Crippen molar-refractivity contribution < 1.29 is 9.47 Å². The lowest BCUT2D eigenvalue weighted by Gasteiger charge is -2.22. The molecule has 0 amide bonds. The molecular formula is C20H27N3O2. The average molecular weight is 341 g/mol. The van der Waals surface area contributed by atoms with Crippen molar-refractivity contribution in [3.63, 3.8) is 0 Å². The smallest absolute Gasteiger partial charge is 0.193 e. The fourth-order valence-corrected chi connectivity index (χ4v) is 2.42. The van der Waals surface area contributed by atoms with Crippen molar-refractivity contribution in [3.05, 3.63) is 54.1 Å². The predicted molar refractivity (Wildman–Crippen MR) is 104 cm³/mol. The van der Waals surface area contributed by atoms with Gasteiger partial charge < -0.3 is 20.5 Å². The highest BCUT2D eigenvalue weighted by Crippen LogP contribution is 2.30. The molecule has 2 rings (SSSR count). The van der Waals surface area contributed by atoms with Gasteiger partial charge in [0.2, 0.25) is 0 Å². The molecule has 0 atom stereocenters. The fourth-order valence-electron chi connectivity index (χ4n) is 2.42. The second-order valence-electron chi connectivity index (χ2n) is 6.72. The van der Waals surface area contributed by atoms with Crippen molar-refractivity contribution >= 4 is 11.6 Å². The molecule has 0 aliphatic rings. The maximum atomic E-state index is 5.92. The molecule has 134 valence electrons. The molecule has 0 unspecified atom stereocenters. The largest absolute Gasteiger partial charge is 0.497 e. The van der Waals surface area contributed by atoms with Crippen LogP contribution in [0.4, 0.5) is 5.69 Å². The molecule has 0 saturated heterocycles. The van der Waals surface area contributed by atoms with E-state index in [9.17, 15) is 0 Å². The average Bonchev–Trinajstić information content (AvgIpc) is 2.58. The molecule has 2 aromatic carbocycles. The molecule has 5 nitrogen and oxygen atoms in total. The number of nitrogens with zero attached hydrogens (tertiary/aromatic N) is 1. The van der Waals surface area contributed by atoms with Crippen LogP contribution in [0, 0.1) is 0 Å². The maximum Gasteiger partial charge on any atom is 0.193 e. The summed E-state index contributed by atoms with van der Waals surface area (Å²) in [6, 6.07) is 15.6. The van der Waals surface area contributed by atoms with Crippen LogP contribution in [0.2, 0.25) is 0 Å². The molecule has 0 aliphatic heterocycles. The number of rotatable bonds is 6. The minimum Gasteiger partial charge on any atom is -0.497 e. The van der Waals surface area contributed by atoms with Gasteiger partial charge in [-0.25, -0.2) is 4.99 Å². The highest BCUT2D eigenvalue weighted by molar-refractivity contribution is 5.92. The Morgan fingerprint density at radius 2 is 1.88 bits per heavy atom. The zero-order valence-corrected chi connectivity index (χ0v) is 15.4. The first-order chi connectivity index (χ1) is 11.9. The molecule has 3 N–H and O–H groups in total. The van der Waals surface area contributed by atoms with Crippen molar-refractivity contribution in [1.29, 1.82) is 0 Å². The monoisotopic (exact) mass is 341 g/mol. The van der Waals surface area contributed by atoms with Gasteiger partial charge >= 0.3 is 0 Å². The zero-order chi connectivity index (χ0) is 18.3. The summed E-state index contributed by atoms with van der Waals surface area (Å²) in [6.45, 7) is 7.45. The van der Waals surface area contributed by atoms with Crippen LogP contribution in [-0.4, -0.2) is 26.2 Å². The number of hydrogen-bond acceptors (Lipinski definition) is 3. The van der Waals surface area contributed by atoms with Gasteiger partial charge in [0.15, 0.2) is 5.96 Å². The van der Waals surface area contributed by atoms with Gasteiger partial charge in [-0.15, -0.1) is 0 Å². The second kappa shape index (κ2) is 8.42. The molecule has 2 aromatic rings. The normalized spacial score (nSPS) is 11.9. The van der Waals surface area contributed by atoms with E-state index in [4.69, 9.17) is 15.2 Å². The standard InChI is InChI=1S/C20H27N3O2/c1-20(2,3)17-10-5-6-11-18(17)25-13-12-22-19(21)23-15-8-7-9-16(14-15)24-4/h5-11,14H,12-13H2,1-4H3,(H3,21,22,23). The summed E-state index contributed by atoms with van der Waals surface area (Å²) in [5.41, 5.74) is 7.97. The van der Waals surface area contributed by atoms with Crippen molar-refractivity contribution in [1.82, 2.24) is 0 Å². The minimum atomic E-state index is 0.0345. The first-order valence-corrected chi connectivity index (χ1v) is 8.33. The molecule has 0 aromatic heterocycles. The summed E-state index contributed by atoms with van der Waals surface area (Å²) >= 11 is 0. The summed E-state index contributed by atoms with van der Waals surface area (Å²) < 4.78 is 11.1. The van der Waals surface area contributed by atoms with E-state index in [1.165, 1.54) is 5.56 Å². The molecule has 0 aliphatic carbocycles. The van der Waals surface area contributed by atoms with E-state index < -0.39 is 0 Å². The SMILES string of the molecule is COc1cccc(NC(N)=NCCOc2ccccc2C(C)(C)C)c1. The lowest BCUT2D eigenvalue weighted by atomic mass is 9.86. The van der Waals surface area contributed by atoms with E-state index in [2.05, 4.69) is 37.1 Å². The molecule has 0 heterocycles. The van der Waals surface area contributed by atoms with Gasteiger partial charge in [-0.1, -0.05) is 45.0 Å². The lowest BCUT2D eigenvalue weighted by Crippen LogP contribution is -2.23. The number of anilines is 1. The van der Waals surface area contributed by atoms with Crippen molar-refractivity contribution in [2.45, 2.75) is 26.2 Å². The first-order valence-electron chi connectivity index (χ1n) is 8.33. The molecule has 0 bridgehead atoms. The van der Waals surface area contributed by atoms with Crippen LogP contribution in [0.3, 0.4) is 0 Å². The Labute approximate surface area is 149 Å². The van der Waals surface area contributed by atoms with Crippen LogP contribution in [0.15, 0.2) is 53.5 Å². The van der Waals surface area contributed by atoms with Gasteiger partial charge in [-0.05, 0) is 29.2 Å². The molecule has 0 radical (unpaired) electrons. The van der Waals surface area contributed by atoms with E-state index in [0.29, 0.717) is 19.1 Å². The number of aliphatic imine (C=N–C) groups is 1. The van der Waals surface area contributed by atoms with E-state index in [1.54, 1.807) is 7.11 Å². The highest BCUT2D eigenvalue weighted by atomic mass is 16.5. The molecular weight excluding hydrogens is 314 g/mol. The summed E-state index contributed by atoms with van der Waals surface area (Å²) in [6.07, 6.45) is 0. The maximum absolute atomic E-state index is 5.92. The first kappa shape index (κ1) is 18.6. The van der Waals surface area contributed by atoms with Crippen molar-refractivity contribution in [2.75, 3.05) is 25.6 Å². The number of methoxy groups -OCH3 is 1. The van der Waals surface area contributed by atoms with Gasteiger partial charge in [-0.2, -0.15) is 0 Å². The summed E-state index contributed by atoms with van der Waals surface area (Å²) in [7, 11) is 1.63. The van der Waals surface area contributed by atoms with E-state index >= 15 is 0 Å². The molecule has 5 heteroatoms. The number of nitrogens with two attached hydrogens (primary N) is 1. The van der Waals surface area contributed by atoms with Crippen LogP contribution in [0.5, 0.6) is 11.5 Å². The molecule has 25 heavy (non-hydrogen) atoms. The van der Waals surface area contributed by atoms with Crippen LogP contribution in [0.1, 0.15) is 26.3 Å². The van der Waals surface area contributed by atoms with Gasteiger partial charge in [-0.3, -0.25) is 0 Å². The van der Waals surface area contributed by atoms with Gasteiger partial charge in [0.1, 0.15) is 18.1 Å². The predicted octanol–water partition coefficient (Wildman–Crippen LogP) is 3.80. The quantitative estimate of drug-likeness (QED) is 0.476. The van der Waals surface area contributed by atoms with Crippen molar-refractivity contribution in [3.8, 4) is 11.5 Å². The van der Waals surface area contributed by atoms with Crippen LogP contribution in [0.25, 0.3) is 0 Å². The Morgan fingerprint density at radius 3 is 2.60 bits per heavy atom. The highest BCUT2D eigenvalue weighted by Gasteiger charge is 2.18. The third kappa shape index (κ3) is 5.71. The number of nitrogens with one attached hydrogen (secondary N) is 1. The molecule has 0 saturated carbocycles. The Morgan fingerprint density at radius 1 is 1.12 bits per heavy atom. The topological polar surface area (TPSA) is 68.9 Å². The Kier molecular flexibility index (Phi) is 6.28. The van der Waals surface area contributed by atoms with Crippen LogP contribution in [-0.2, 0) is 5.41 Å². The number of ether oxygens (including phenoxy) is 2. The third-order valence-electron chi connectivity index (χ3n) is 3.67. The fraction of sp³-hybridized carbons (Fsp3) is 0.350. The molecule has 0 spiro atoms. The Hall–Kier alpha value is -2.69. The van der Waals surface area contributed by atoms with Gasteiger partial charge in [0.05, 0.1) is 13.7 Å². The lowest BCUT2D eigenvalue weighted by molar-refractivity contribution is 0.319. The van der Waals surface area contributed by atoms with E-state index in [1.807, 2.05) is 42.5 Å². The number of guanidine groups is 1. The number of hydrogen-bond donors (Lipinski definition) is 2. The van der Waals surface area contributed by atoms with Crippen LogP contribution >= 0.6 is 0 Å². The minimum absolute atomic E-state index is 0.0345. The molecule has 0 fully saturated rings. The van der Waals surface area contributed by atoms with Gasteiger partial charge in [0.25, 0.3) is 0 Å². The number of benzene rings is 2. The van der Waals surface area contributed by atoms with Crippen molar-refractivity contribution in [2.24, 2.45) is 10.7 Å². The van der Waals surface area contributed by atoms with E-state index in [-0.39, 0.29) is 5.41 Å². The summed E-state index contributed by atoms with van der Waals surface area (Å²) in [4.78, 5) is 4.30. The van der Waals surface area contributed by atoms with Gasteiger partial charge in [0, 0.05) is 11.8 Å². The zero-order valence-electron chi connectivity index (χ0n) is 15.4. The number of para-hydroxylation sites is 1. The summed E-state index contributed by atoms with van der Waals surface area (Å²) in [5.74, 6) is 2.01. The van der Waals surface area contributed by atoms with E-state index in [0.717, 1.165) is 17.2 Å². The third-order valence-corrected chi connectivity index (χ3v) is 3.67. The Bertz CT molecular complexity index is 721. The Balaban J connectivity index is 1.89. The summed E-state index contributed by atoms with van der Waals surface area (Å²) in [5, 5.41) is 3.04.